The van der Waals surface area contributed by atoms with Crippen molar-refractivity contribution in [3.8, 4) is 11.3 Å². The first-order valence-corrected chi connectivity index (χ1v) is 8.62. The molecule has 1 aliphatic rings. The third-order valence-corrected chi connectivity index (χ3v) is 5.07. The summed E-state index contributed by atoms with van der Waals surface area (Å²) in [5.74, 6) is 0.522. The maximum absolute atomic E-state index is 10.3. The lowest BCUT2D eigenvalue weighted by atomic mass is 10.1. The Balaban J connectivity index is 1.91. The van der Waals surface area contributed by atoms with Crippen molar-refractivity contribution in [3.63, 3.8) is 0 Å². The van der Waals surface area contributed by atoms with Crippen molar-refractivity contribution < 1.29 is 9.84 Å². The van der Waals surface area contributed by atoms with Crippen molar-refractivity contribution in [3.05, 3.63) is 45.5 Å². The number of nitrogens with zero attached hydrogens (tertiary/aromatic N) is 2. The van der Waals surface area contributed by atoms with Crippen LogP contribution in [0.5, 0.6) is 0 Å². The second-order valence-electron chi connectivity index (χ2n) is 5.87. The zero-order chi connectivity index (χ0) is 17.3. The second-order valence-corrected chi connectivity index (χ2v) is 7.08. The quantitative estimate of drug-likeness (QED) is 0.870. The Kier molecular flexibility index (Phi) is 4.69. The molecule has 1 aromatic heterocycles. The lowest BCUT2D eigenvalue weighted by Crippen LogP contribution is -2.29. The van der Waals surface area contributed by atoms with Gasteiger partial charge in [-0.15, -0.1) is 11.3 Å². The molecule has 0 saturated heterocycles. The Morgan fingerprint density at radius 2 is 2.00 bits per heavy atom. The van der Waals surface area contributed by atoms with Crippen molar-refractivity contribution in [1.82, 2.24) is 9.88 Å². The molecule has 0 aliphatic carbocycles. The van der Waals surface area contributed by atoms with Crippen molar-refractivity contribution >= 4 is 22.7 Å². The molecule has 3 rings (SSSR count). The Morgan fingerprint density at radius 3 is 2.67 bits per heavy atom. The summed E-state index contributed by atoms with van der Waals surface area (Å²) in [5, 5.41) is 19.4. The van der Waals surface area contributed by atoms with Gasteiger partial charge in [-0.2, -0.15) is 0 Å². The number of thiazole rings is 1. The standard InChI is InChI=1S/C18H21N3O2S/c1-11-4-6-13(7-5-11)16-12(2)24-18(20-16)15-14(22)10-21(17(15)19)8-9-23-3/h4-7,19,22H,8-10H2,1-3H3. The van der Waals surface area contributed by atoms with Gasteiger partial charge in [0.1, 0.15) is 16.6 Å². The summed E-state index contributed by atoms with van der Waals surface area (Å²) in [7, 11) is 1.63. The summed E-state index contributed by atoms with van der Waals surface area (Å²) >= 11 is 1.52. The van der Waals surface area contributed by atoms with E-state index in [0.717, 1.165) is 16.1 Å². The first-order valence-electron chi connectivity index (χ1n) is 7.81. The van der Waals surface area contributed by atoms with Gasteiger partial charge in [-0.25, -0.2) is 4.98 Å². The molecular weight excluding hydrogens is 322 g/mol. The van der Waals surface area contributed by atoms with E-state index in [1.807, 2.05) is 6.92 Å². The summed E-state index contributed by atoms with van der Waals surface area (Å²) < 4.78 is 5.07. The molecule has 0 atom stereocenters. The number of rotatable bonds is 5. The monoisotopic (exact) mass is 343 g/mol. The zero-order valence-corrected chi connectivity index (χ0v) is 14.9. The fraction of sp³-hybridized carbons (Fsp3) is 0.333. The molecule has 1 aromatic carbocycles. The molecule has 0 unspecified atom stereocenters. The van der Waals surface area contributed by atoms with Gasteiger partial charge in [0.15, 0.2) is 0 Å². The highest BCUT2D eigenvalue weighted by atomic mass is 32.1. The highest BCUT2D eigenvalue weighted by molar-refractivity contribution is 7.13. The highest BCUT2D eigenvalue weighted by Crippen LogP contribution is 2.35. The Hall–Kier alpha value is -2.18. The SMILES string of the molecule is COCCN1CC(O)=C(c2nc(-c3ccc(C)cc3)c(C)s2)C1=N. The molecule has 0 radical (unpaired) electrons. The van der Waals surface area contributed by atoms with Crippen LogP contribution in [0.1, 0.15) is 15.4 Å². The van der Waals surface area contributed by atoms with Crippen LogP contribution >= 0.6 is 11.3 Å². The summed E-state index contributed by atoms with van der Waals surface area (Å²) in [6.45, 7) is 5.53. The van der Waals surface area contributed by atoms with Gasteiger partial charge >= 0.3 is 0 Å². The maximum Gasteiger partial charge on any atom is 0.135 e. The van der Waals surface area contributed by atoms with Gasteiger partial charge < -0.3 is 14.7 Å². The van der Waals surface area contributed by atoms with Gasteiger partial charge in [0.25, 0.3) is 0 Å². The van der Waals surface area contributed by atoms with E-state index < -0.39 is 0 Å². The molecule has 2 aromatic rings. The van der Waals surface area contributed by atoms with Crippen LogP contribution in [-0.2, 0) is 4.74 Å². The number of amidine groups is 1. The van der Waals surface area contributed by atoms with E-state index in [9.17, 15) is 5.11 Å². The van der Waals surface area contributed by atoms with Gasteiger partial charge in [0.05, 0.1) is 24.4 Å². The van der Waals surface area contributed by atoms with E-state index in [1.165, 1.54) is 16.9 Å². The van der Waals surface area contributed by atoms with E-state index in [-0.39, 0.29) is 5.76 Å². The normalized spacial score (nSPS) is 14.8. The first kappa shape index (κ1) is 16.7. The van der Waals surface area contributed by atoms with Gasteiger partial charge in [-0.1, -0.05) is 29.8 Å². The van der Waals surface area contributed by atoms with E-state index in [0.29, 0.717) is 36.1 Å². The third-order valence-electron chi connectivity index (χ3n) is 4.08. The number of aryl methyl sites for hydroxylation is 2. The van der Waals surface area contributed by atoms with E-state index >= 15 is 0 Å². The predicted molar refractivity (Wildman–Crippen MR) is 97.7 cm³/mol. The van der Waals surface area contributed by atoms with Crippen LogP contribution in [-0.4, -0.2) is 47.6 Å². The number of benzene rings is 1. The number of nitrogens with one attached hydrogen (secondary N) is 1. The van der Waals surface area contributed by atoms with Crippen molar-refractivity contribution in [1.29, 1.82) is 5.41 Å². The van der Waals surface area contributed by atoms with E-state index in [4.69, 9.17) is 15.1 Å². The molecule has 24 heavy (non-hydrogen) atoms. The highest BCUT2D eigenvalue weighted by Gasteiger charge is 2.30. The lowest BCUT2D eigenvalue weighted by Gasteiger charge is -2.17. The molecule has 0 saturated carbocycles. The lowest BCUT2D eigenvalue weighted by molar-refractivity contribution is 0.177. The van der Waals surface area contributed by atoms with Gasteiger partial charge in [0.2, 0.25) is 0 Å². The van der Waals surface area contributed by atoms with Crippen molar-refractivity contribution in [2.24, 2.45) is 0 Å². The molecule has 0 spiro atoms. The average molecular weight is 343 g/mol. The molecular formula is C18H21N3O2S. The molecule has 0 bridgehead atoms. The van der Waals surface area contributed by atoms with Gasteiger partial charge in [-0.3, -0.25) is 5.41 Å². The number of hydrogen-bond acceptors (Lipinski definition) is 5. The third kappa shape index (κ3) is 3.07. The number of ether oxygens (including phenoxy) is 1. The molecule has 2 heterocycles. The molecule has 6 heteroatoms. The van der Waals surface area contributed by atoms with Crippen LogP contribution in [0.15, 0.2) is 30.0 Å². The molecule has 1 aliphatic heterocycles. The average Bonchev–Trinajstić information content (AvgIpc) is 3.06. The summed E-state index contributed by atoms with van der Waals surface area (Å²) in [5.41, 5.74) is 3.72. The van der Waals surface area contributed by atoms with E-state index in [1.54, 1.807) is 12.0 Å². The largest absolute Gasteiger partial charge is 0.510 e. The molecule has 2 N–H and O–H groups in total. The van der Waals surface area contributed by atoms with Gasteiger partial charge in [0, 0.05) is 24.1 Å². The fourth-order valence-corrected chi connectivity index (χ4v) is 3.74. The van der Waals surface area contributed by atoms with Crippen LogP contribution in [0.25, 0.3) is 16.8 Å². The zero-order valence-electron chi connectivity index (χ0n) is 14.1. The number of aliphatic hydroxyl groups is 1. The molecule has 0 amide bonds. The fourth-order valence-electron chi connectivity index (χ4n) is 2.73. The number of hydrogen-bond donors (Lipinski definition) is 2. The summed E-state index contributed by atoms with van der Waals surface area (Å²) in [6, 6.07) is 8.24. The van der Waals surface area contributed by atoms with Crippen LogP contribution in [0.4, 0.5) is 0 Å². The Morgan fingerprint density at radius 1 is 1.29 bits per heavy atom. The number of aliphatic hydroxyl groups excluding tert-OH is 1. The number of methoxy groups -OCH3 is 1. The molecule has 0 fully saturated rings. The molecule has 5 nitrogen and oxygen atoms in total. The molecule has 126 valence electrons. The van der Waals surface area contributed by atoms with Crippen LogP contribution in [0, 0.1) is 19.3 Å². The minimum Gasteiger partial charge on any atom is -0.510 e. The smallest absolute Gasteiger partial charge is 0.135 e. The Labute approximate surface area is 145 Å². The van der Waals surface area contributed by atoms with E-state index in [2.05, 4.69) is 31.2 Å². The summed E-state index contributed by atoms with van der Waals surface area (Å²) in [4.78, 5) is 7.59. The Bertz CT molecular complexity index is 793. The van der Waals surface area contributed by atoms with Crippen LogP contribution in [0.3, 0.4) is 0 Å². The topological polar surface area (TPSA) is 69.4 Å². The number of aromatic nitrogens is 1. The minimum atomic E-state index is 0.209. The van der Waals surface area contributed by atoms with Crippen LogP contribution in [0.2, 0.25) is 0 Å². The minimum absolute atomic E-state index is 0.209. The van der Waals surface area contributed by atoms with Gasteiger partial charge in [-0.05, 0) is 13.8 Å². The predicted octanol–water partition coefficient (Wildman–Crippen LogP) is 3.64. The van der Waals surface area contributed by atoms with Crippen molar-refractivity contribution in [2.75, 3.05) is 26.8 Å². The summed E-state index contributed by atoms with van der Waals surface area (Å²) in [6.07, 6.45) is 0. The second kappa shape index (κ2) is 6.75. The maximum atomic E-state index is 10.3. The van der Waals surface area contributed by atoms with Crippen LogP contribution < -0.4 is 0 Å². The first-order chi connectivity index (χ1) is 11.5. The van der Waals surface area contributed by atoms with Crippen molar-refractivity contribution in [2.45, 2.75) is 13.8 Å².